The molecule has 6 fully saturated rings. The zero-order chi connectivity index (χ0) is 60.0. The number of aliphatic hydroxyl groups is 1. The summed E-state index contributed by atoms with van der Waals surface area (Å²) in [6, 6.07) is 2.69. The third kappa shape index (κ3) is 12.7. The molecule has 28 heteroatoms. The number of alkyl halides is 6. The number of piperazine rings is 1. The fraction of sp³-hybridized carbons (Fsp3) is 0.564. The summed E-state index contributed by atoms with van der Waals surface area (Å²) in [5.74, 6) is 1.69. The van der Waals surface area contributed by atoms with Crippen LogP contribution in [0.5, 0.6) is 0 Å². The third-order valence-electron chi connectivity index (χ3n) is 16.9. The number of anilines is 1. The molecule has 0 radical (unpaired) electrons. The highest BCUT2D eigenvalue weighted by Gasteiger charge is 2.61. The van der Waals surface area contributed by atoms with E-state index in [0.29, 0.717) is 85.1 Å². The minimum atomic E-state index is -5.18. The highest BCUT2D eigenvalue weighted by Crippen LogP contribution is 2.60. The number of halogens is 8. The first-order valence-electron chi connectivity index (χ1n) is 27.0. The van der Waals surface area contributed by atoms with E-state index in [2.05, 4.69) is 62.8 Å². The van der Waals surface area contributed by atoms with Crippen molar-refractivity contribution in [2.75, 3.05) is 52.0 Å². The number of hydrogen-bond acceptors (Lipinski definition) is 16. The van der Waals surface area contributed by atoms with Crippen molar-refractivity contribution < 1.29 is 73.6 Å². The predicted octanol–water partition coefficient (Wildman–Crippen LogP) is 4.93. The summed E-state index contributed by atoms with van der Waals surface area (Å²) in [4.78, 5) is 67.1. The molecule has 1 aromatic heterocycles. The number of amides is 4. The summed E-state index contributed by atoms with van der Waals surface area (Å²) in [6.07, 6.45) is -5.87. The number of rotatable bonds is 19. The summed E-state index contributed by atoms with van der Waals surface area (Å²) in [5.41, 5.74) is 2.67. The average molecular weight is 1180 g/mol. The predicted molar refractivity (Wildman–Crippen MR) is 281 cm³/mol. The van der Waals surface area contributed by atoms with Gasteiger partial charge in [-0.2, -0.15) is 26.3 Å². The van der Waals surface area contributed by atoms with Crippen LogP contribution in [-0.4, -0.2) is 161 Å². The maximum atomic E-state index is 16.4. The Hall–Kier alpha value is -7.06. The standard InChI is InChI=1S/C55H66F8N12O8/c1-51(2,54(58,59)60)44(67-49(79)81-5)46(77)66-41(15-31-10-7-30(8-11-31)9-12-32-21-64-48(65-22-32)72-23-35-13-14-36(24-72)75(35)37-28-83-29-37)43(76)27-73(70-47(78)45(68-50(80)82-6)52(3,4)55(61,62)63)25-38-39(56)16-34(17-40(38)57)42-26-74(71-69-42)53-18-33(19-53)20-53/h7-8,10-11,16-17,21-22,26,33,35-37,41,43-45,69,71,76H,13-15,18-20,23-25,27-29H2,1-6H3,(H,66,77)(H,67,79)(H,68,80)(H,70,78)/t33?,35?,36?,41-,43-,44+,45+,53?/m0/s1. The van der Waals surface area contributed by atoms with Crippen LogP contribution in [0.15, 0.2) is 55.0 Å². The molecule has 5 heterocycles. The summed E-state index contributed by atoms with van der Waals surface area (Å²) < 4.78 is 135. The van der Waals surface area contributed by atoms with Gasteiger partial charge in [0.25, 0.3) is 5.91 Å². The van der Waals surface area contributed by atoms with E-state index in [1.54, 1.807) is 30.7 Å². The van der Waals surface area contributed by atoms with Gasteiger partial charge < -0.3 is 45.6 Å². The number of aliphatic hydroxyl groups excluding tert-OH is 1. The van der Waals surface area contributed by atoms with Crippen LogP contribution in [0.2, 0.25) is 0 Å². The molecule has 2 unspecified atom stereocenters. The lowest BCUT2D eigenvalue weighted by Gasteiger charge is -2.64. The van der Waals surface area contributed by atoms with Crippen LogP contribution in [0.3, 0.4) is 0 Å². The van der Waals surface area contributed by atoms with Gasteiger partial charge in [0.15, 0.2) is 0 Å². The molecule has 450 valence electrons. The van der Waals surface area contributed by atoms with Crippen molar-refractivity contribution in [3.63, 3.8) is 0 Å². The van der Waals surface area contributed by atoms with E-state index in [4.69, 9.17) is 4.74 Å². The molecule has 10 rings (SSSR count). The van der Waals surface area contributed by atoms with Crippen molar-refractivity contribution in [3.8, 4) is 11.8 Å². The van der Waals surface area contributed by atoms with Crippen LogP contribution in [0.25, 0.3) is 5.70 Å². The molecule has 7 aliphatic rings. The Morgan fingerprint density at radius 3 is 1.84 bits per heavy atom. The monoisotopic (exact) mass is 1170 g/mol. The zero-order valence-electron chi connectivity index (χ0n) is 46.3. The Bertz CT molecular complexity index is 2950. The van der Waals surface area contributed by atoms with Crippen molar-refractivity contribution in [3.05, 3.63) is 94.4 Å². The SMILES string of the molecule is COC(=O)N[C@H](C(=O)N[C@@H](Cc1ccc(C#Cc2cnc(N3CC4CCC(C3)N4C3COC3)nc2)cc1)[C@@H](O)CN(Cc1c(F)cc(C2=CN(C34CC(C3)C4)NN2)cc1F)NC(=O)[C@@H](NC(=O)OC)C(C)(C)C(F)(F)F)C(C)(C)C(F)(F)F. The number of methoxy groups -OCH3 is 2. The van der Waals surface area contributed by atoms with Gasteiger partial charge in [-0.3, -0.25) is 24.9 Å². The van der Waals surface area contributed by atoms with Crippen molar-refractivity contribution in [1.29, 1.82) is 0 Å². The highest BCUT2D eigenvalue weighted by atomic mass is 19.4. The van der Waals surface area contributed by atoms with E-state index in [1.807, 2.05) is 15.6 Å². The van der Waals surface area contributed by atoms with Crippen LogP contribution in [-0.2, 0) is 36.8 Å². The Kier molecular flexibility index (Phi) is 17.2. The Morgan fingerprint density at radius 1 is 0.807 bits per heavy atom. The number of aromatic nitrogens is 2. The number of hydrogen-bond donors (Lipinski definition) is 7. The normalized spacial score (nSPS) is 22.9. The van der Waals surface area contributed by atoms with Crippen molar-refractivity contribution in [2.45, 2.75) is 133 Å². The van der Waals surface area contributed by atoms with Gasteiger partial charge in [-0.15, -0.1) is 5.53 Å². The van der Waals surface area contributed by atoms with Gasteiger partial charge in [0, 0.05) is 73.5 Å². The van der Waals surface area contributed by atoms with Gasteiger partial charge in [0.1, 0.15) is 23.7 Å². The van der Waals surface area contributed by atoms with Gasteiger partial charge in [0.2, 0.25) is 11.9 Å². The molecule has 4 amide bonds. The topological polar surface area (TPSA) is 227 Å². The van der Waals surface area contributed by atoms with E-state index in [1.165, 1.54) is 12.1 Å². The molecule has 4 aliphatic heterocycles. The maximum absolute atomic E-state index is 16.4. The minimum absolute atomic E-state index is 0.0431. The first-order valence-corrected chi connectivity index (χ1v) is 27.0. The van der Waals surface area contributed by atoms with E-state index in [9.17, 15) is 50.6 Å². The number of nitrogens with zero attached hydrogens (tertiary/aromatic N) is 6. The van der Waals surface area contributed by atoms with Crippen LogP contribution >= 0.6 is 0 Å². The second kappa shape index (κ2) is 23.5. The number of ether oxygens (including phenoxy) is 3. The van der Waals surface area contributed by atoms with E-state index in [0.717, 1.165) is 84.8 Å². The van der Waals surface area contributed by atoms with Gasteiger partial charge in [-0.25, -0.2) is 33.3 Å². The first-order chi connectivity index (χ1) is 39.1. The lowest BCUT2D eigenvalue weighted by atomic mass is 9.49. The van der Waals surface area contributed by atoms with Crippen molar-refractivity contribution in [1.82, 2.24) is 57.2 Å². The van der Waals surface area contributed by atoms with E-state index < -0.39 is 108 Å². The summed E-state index contributed by atoms with van der Waals surface area (Å²) >= 11 is 0. The van der Waals surface area contributed by atoms with Gasteiger partial charge in [-0.1, -0.05) is 24.0 Å². The fourth-order valence-electron chi connectivity index (χ4n) is 11.4. The second-order valence-corrected chi connectivity index (χ2v) is 23.2. The van der Waals surface area contributed by atoms with Crippen molar-refractivity contribution >= 4 is 35.6 Å². The van der Waals surface area contributed by atoms with Gasteiger partial charge in [-0.05, 0) is 102 Å². The molecular weight excluding hydrogens is 1110 g/mol. The number of carbonyl (C=O) groups excluding carboxylic acids is 4. The lowest BCUT2D eigenvalue weighted by Crippen LogP contribution is -2.69. The number of fused-ring (bicyclic) bond motifs is 2. The molecule has 3 aromatic rings. The smallest absolute Gasteiger partial charge is 0.407 e. The maximum Gasteiger partial charge on any atom is 0.407 e. The molecule has 7 N–H and O–H groups in total. The molecule has 20 nitrogen and oxygen atoms in total. The molecule has 3 aliphatic carbocycles. The van der Waals surface area contributed by atoms with Crippen LogP contribution in [0, 0.1) is 40.2 Å². The number of carbonyl (C=O) groups is 4. The second-order valence-electron chi connectivity index (χ2n) is 23.2. The Labute approximate surface area is 473 Å². The largest absolute Gasteiger partial charge is 0.453 e. The quantitative estimate of drug-likeness (QED) is 0.0480. The summed E-state index contributed by atoms with van der Waals surface area (Å²) in [5, 5.41) is 20.7. The minimum Gasteiger partial charge on any atom is -0.453 e. The molecule has 6 atom stereocenters. The summed E-state index contributed by atoms with van der Waals surface area (Å²) in [6.45, 7) is 3.47. The zero-order valence-corrected chi connectivity index (χ0v) is 46.3. The third-order valence-corrected chi connectivity index (χ3v) is 16.9. The molecular formula is C55H66F8N12O8. The fourth-order valence-corrected chi connectivity index (χ4v) is 11.4. The van der Waals surface area contributed by atoms with Gasteiger partial charge >= 0.3 is 24.5 Å². The van der Waals surface area contributed by atoms with Crippen LogP contribution < -0.4 is 37.2 Å². The first kappa shape index (κ1) is 60.5. The molecule has 83 heavy (non-hydrogen) atoms. The van der Waals surface area contributed by atoms with Crippen molar-refractivity contribution in [2.24, 2.45) is 16.7 Å². The summed E-state index contributed by atoms with van der Waals surface area (Å²) in [7, 11) is 1.68. The van der Waals surface area contributed by atoms with E-state index in [-0.39, 0.29) is 11.1 Å². The van der Waals surface area contributed by atoms with Crippen LogP contribution in [0.4, 0.5) is 50.7 Å². The Morgan fingerprint density at radius 2 is 1.35 bits per heavy atom. The van der Waals surface area contributed by atoms with Gasteiger partial charge in [0.05, 0.1) is 73.3 Å². The number of nitrogens with one attached hydrogen (secondary N) is 6. The molecule has 0 spiro atoms. The molecule has 2 aromatic carbocycles. The molecule has 3 saturated carbocycles. The van der Waals surface area contributed by atoms with E-state index >= 15 is 8.78 Å². The molecule has 3 saturated heterocycles. The highest BCUT2D eigenvalue weighted by molar-refractivity contribution is 5.87. The number of benzene rings is 2. The number of hydrazine groups is 3. The average Bonchev–Trinajstić information content (AvgIpc) is 2.48. The Balaban J connectivity index is 0.985. The lowest BCUT2D eigenvalue weighted by molar-refractivity contribution is -0.221. The number of alkyl carbamates (subject to hydrolysis) is 2. The van der Waals surface area contributed by atoms with Crippen LogP contribution in [0.1, 0.15) is 87.6 Å². The molecule has 4 bridgehead atoms.